The van der Waals surface area contributed by atoms with Gasteiger partial charge in [0.1, 0.15) is 5.57 Å². The molecule has 0 saturated carbocycles. The molecule has 2 aliphatic heterocycles. The van der Waals surface area contributed by atoms with E-state index in [1.54, 1.807) is 0 Å². The molecule has 0 aromatic heterocycles. The fourth-order valence-corrected chi connectivity index (χ4v) is 15.7. The predicted octanol–water partition coefficient (Wildman–Crippen LogP) is 6.60. The van der Waals surface area contributed by atoms with Gasteiger partial charge in [0.05, 0.1) is 38.6 Å². The highest BCUT2D eigenvalue weighted by atomic mass is 28.4. The summed E-state index contributed by atoms with van der Waals surface area (Å²) in [5.41, 5.74) is 0.530. The first-order valence-electron chi connectivity index (χ1n) is 16.1. The molecule has 0 radical (unpaired) electrons. The molecule has 0 N–H and O–H groups in total. The molecule has 2 saturated heterocycles. The Morgan fingerprint density at radius 3 is 1.79 bits per heavy atom. The molecular weight excluding hydrogens is 637 g/mol. The molecule has 1 aromatic rings. The fraction of sp³-hybridized carbons (Fsp3) is 0.629. The van der Waals surface area contributed by atoms with Crippen LogP contribution in [0.25, 0.3) is 0 Å². The molecule has 0 bridgehead atoms. The number of ether oxygens (including phenoxy) is 5. The Balaban J connectivity index is 2.27. The Morgan fingerprint density at radius 2 is 1.34 bits per heavy atom. The first-order chi connectivity index (χ1) is 21.6. The molecule has 260 valence electrons. The van der Waals surface area contributed by atoms with Gasteiger partial charge in [0.15, 0.2) is 14.1 Å². The van der Waals surface area contributed by atoms with Gasteiger partial charge < -0.3 is 32.5 Å². The lowest BCUT2D eigenvalue weighted by Gasteiger charge is -2.52. The summed E-state index contributed by atoms with van der Waals surface area (Å²) in [4.78, 5) is 41.3. The molecule has 2 fully saturated rings. The Bertz CT molecular complexity index is 1470. The van der Waals surface area contributed by atoms with Crippen LogP contribution in [0.15, 0.2) is 52.6 Å². The minimum atomic E-state index is -3.06. The van der Waals surface area contributed by atoms with Crippen LogP contribution in [0.3, 0.4) is 0 Å². The largest absolute Gasteiger partial charge is 0.465 e. The van der Waals surface area contributed by atoms with Crippen molar-refractivity contribution in [1.29, 1.82) is 0 Å². The van der Waals surface area contributed by atoms with Crippen molar-refractivity contribution in [2.45, 2.75) is 102 Å². The summed E-state index contributed by atoms with van der Waals surface area (Å²) >= 11 is 0. The van der Waals surface area contributed by atoms with E-state index in [1.165, 1.54) is 28.4 Å². The number of carbonyl (C=O) groups excluding carboxylic acids is 3. The van der Waals surface area contributed by atoms with E-state index in [4.69, 9.17) is 32.5 Å². The van der Waals surface area contributed by atoms with E-state index >= 15 is 0 Å². The van der Waals surface area contributed by atoms with Crippen LogP contribution in [0.5, 0.6) is 0 Å². The number of benzene rings is 1. The van der Waals surface area contributed by atoms with Crippen LogP contribution >= 0.6 is 0 Å². The number of hydrogen-bond donors (Lipinski definition) is 0. The number of methoxy groups -OCH3 is 4. The Kier molecular flexibility index (Phi) is 9.79. The zero-order valence-electron chi connectivity index (χ0n) is 30.4. The third-order valence-corrected chi connectivity index (χ3v) is 17.4. The smallest absolute Gasteiger partial charge is 0.340 e. The molecule has 3 aliphatic rings. The Labute approximate surface area is 281 Å². The molecule has 1 aliphatic carbocycles. The number of esters is 3. The zero-order valence-corrected chi connectivity index (χ0v) is 32.4. The molecule has 5 atom stereocenters. The van der Waals surface area contributed by atoms with Gasteiger partial charge in [-0.3, -0.25) is 0 Å². The average Bonchev–Trinajstić information content (AvgIpc) is 3.38. The lowest BCUT2D eigenvalue weighted by atomic mass is 9.79. The van der Waals surface area contributed by atoms with Crippen molar-refractivity contribution in [3.05, 3.63) is 58.2 Å². The third-order valence-electron chi connectivity index (χ3n) is 9.97. The van der Waals surface area contributed by atoms with Crippen LogP contribution in [0, 0.1) is 11.8 Å². The predicted molar refractivity (Wildman–Crippen MR) is 181 cm³/mol. The van der Waals surface area contributed by atoms with Crippen molar-refractivity contribution in [2.24, 2.45) is 11.8 Å². The van der Waals surface area contributed by atoms with Crippen molar-refractivity contribution < 1.29 is 46.9 Å². The molecule has 0 unspecified atom stereocenters. The molecule has 4 rings (SSSR count). The highest BCUT2D eigenvalue weighted by Gasteiger charge is 2.76. The number of hydrogen-bond acceptors (Lipinski definition) is 10. The second-order valence-corrected chi connectivity index (χ2v) is 25.4. The third kappa shape index (κ3) is 5.68. The fourth-order valence-electron chi connectivity index (χ4n) is 8.22. The van der Waals surface area contributed by atoms with Crippen LogP contribution in [-0.2, 0) is 46.9 Å². The summed E-state index contributed by atoms with van der Waals surface area (Å²) in [6.45, 7) is 21.4. The van der Waals surface area contributed by atoms with Gasteiger partial charge in [-0.25, -0.2) is 14.4 Å². The van der Waals surface area contributed by atoms with Gasteiger partial charge >= 0.3 is 17.9 Å². The molecule has 12 heteroatoms. The van der Waals surface area contributed by atoms with Crippen molar-refractivity contribution in [3.8, 4) is 0 Å². The summed E-state index contributed by atoms with van der Waals surface area (Å²) in [5.74, 6) is -7.34. The van der Waals surface area contributed by atoms with Crippen LogP contribution < -0.4 is 0 Å². The second kappa shape index (κ2) is 12.4. The Morgan fingerprint density at radius 1 is 0.830 bits per heavy atom. The van der Waals surface area contributed by atoms with Gasteiger partial charge in [0.25, 0.3) is 0 Å². The Hall–Kier alpha value is -2.62. The summed E-state index contributed by atoms with van der Waals surface area (Å²) < 4.78 is 44.1. The van der Waals surface area contributed by atoms with Gasteiger partial charge in [-0.15, -0.1) is 0 Å². The van der Waals surface area contributed by atoms with E-state index in [0.717, 1.165) is 5.56 Å². The van der Waals surface area contributed by atoms with Crippen LogP contribution in [0.1, 0.15) is 60.1 Å². The van der Waals surface area contributed by atoms with E-state index < -0.39 is 64.1 Å². The summed E-state index contributed by atoms with van der Waals surface area (Å²) in [6, 6.07) is 10.4. The van der Waals surface area contributed by atoms with E-state index in [2.05, 4.69) is 61.2 Å². The standard InChI is InChI=1S/C35H52O10Si2/c1-21-28(22-18-16-15-17-19-22)43-47(32(2,3)4,33(5,6)7)20-23-26-24(29(36)39-8)25(30(37)40-9)27(31(38)41-10)35(26,42-11)44-34(21,23)45-46(12,13)14/h15-19,21,23,28H,20H2,1-14H3/t21-,23-,28+,34-,35+/m1/s1. The maximum Gasteiger partial charge on any atom is 0.340 e. The molecule has 10 nitrogen and oxygen atoms in total. The lowest BCUT2D eigenvalue weighted by Crippen LogP contribution is -2.56. The second-order valence-electron chi connectivity index (χ2n) is 15.7. The molecule has 1 aromatic carbocycles. The number of fused-ring (bicyclic) bond motifs is 3. The van der Waals surface area contributed by atoms with Crippen molar-refractivity contribution in [1.82, 2.24) is 0 Å². The van der Waals surface area contributed by atoms with Crippen LogP contribution in [0.2, 0.25) is 35.8 Å². The maximum atomic E-state index is 13.9. The average molecular weight is 689 g/mol. The lowest BCUT2D eigenvalue weighted by molar-refractivity contribution is -0.301. The van der Waals surface area contributed by atoms with E-state index in [-0.39, 0.29) is 26.8 Å². The molecule has 0 spiro atoms. The van der Waals surface area contributed by atoms with Crippen molar-refractivity contribution in [3.63, 3.8) is 0 Å². The first kappa shape index (κ1) is 37.2. The van der Waals surface area contributed by atoms with E-state index in [1.807, 2.05) is 37.3 Å². The summed E-state index contributed by atoms with van der Waals surface area (Å²) in [7, 11) is -0.581. The molecular formula is C35H52O10Si2. The normalized spacial score (nSPS) is 29.2. The van der Waals surface area contributed by atoms with Crippen LogP contribution in [0.4, 0.5) is 0 Å². The van der Waals surface area contributed by atoms with Crippen molar-refractivity contribution in [2.75, 3.05) is 28.4 Å². The van der Waals surface area contributed by atoms with Crippen molar-refractivity contribution >= 4 is 34.5 Å². The highest BCUT2D eigenvalue weighted by molar-refractivity contribution is 6.79. The van der Waals surface area contributed by atoms with Gasteiger partial charge in [-0.2, -0.15) is 0 Å². The first-order valence-corrected chi connectivity index (χ1v) is 21.6. The minimum absolute atomic E-state index is 0.135. The van der Waals surface area contributed by atoms with Gasteiger partial charge in [0.2, 0.25) is 14.1 Å². The topological polar surface area (TPSA) is 116 Å². The van der Waals surface area contributed by atoms with Gasteiger partial charge in [0, 0.05) is 24.5 Å². The van der Waals surface area contributed by atoms with E-state index in [0.29, 0.717) is 11.6 Å². The van der Waals surface area contributed by atoms with Crippen LogP contribution in [-0.4, -0.2) is 74.6 Å². The van der Waals surface area contributed by atoms with Gasteiger partial charge in [-0.1, -0.05) is 78.8 Å². The molecule has 0 amide bonds. The zero-order chi connectivity index (χ0) is 35.5. The maximum absolute atomic E-state index is 13.9. The van der Waals surface area contributed by atoms with Gasteiger partial charge in [-0.05, 0) is 41.3 Å². The summed E-state index contributed by atoms with van der Waals surface area (Å²) in [5, 5.41) is -0.695. The quantitative estimate of drug-likeness (QED) is 0.176. The number of carbonyl (C=O) groups is 3. The SMILES string of the molecule is COC(=O)C1=C(C(=O)OC)[C@@]2(OC)O[C@]3(O[Si](C)(C)C)[C@H](C[Si](C(C)(C)C)(C(C)(C)C)O[C@H](c4ccccc4)[C@H]3C)C2=C1C(=O)OC. The minimum Gasteiger partial charge on any atom is -0.465 e. The monoisotopic (exact) mass is 688 g/mol. The highest BCUT2D eigenvalue weighted by Crippen LogP contribution is 2.69. The molecule has 2 heterocycles. The summed E-state index contributed by atoms with van der Waals surface area (Å²) in [6.07, 6.45) is -0.497. The molecule has 47 heavy (non-hydrogen) atoms. The van der Waals surface area contributed by atoms with E-state index in [9.17, 15) is 14.4 Å². The number of rotatable bonds is 7.